The Bertz CT molecular complexity index is 821. The van der Waals surface area contributed by atoms with E-state index in [0.717, 1.165) is 28.6 Å². The number of hydroxylamine groups is 2. The molecule has 2 fully saturated rings. The summed E-state index contributed by atoms with van der Waals surface area (Å²) in [6.45, 7) is 5.01. The molecule has 1 aromatic carbocycles. The standard InChI is InChI=1S/C20H25ClN4O3/c1-12-8-15(23-11-14(21)10-22)9-13(2)16(12)17-18(26)20(24-19(17)27)4-6-25(28-3)7-5-20/h8-11,17,22-23H,4-7H2,1-3H3,(H,24,27)/b14-11+,22-10?. The normalized spacial score (nSPS) is 22.4. The molecule has 0 bridgehead atoms. The second-order valence-corrected chi connectivity index (χ2v) is 7.76. The van der Waals surface area contributed by atoms with Gasteiger partial charge in [-0.1, -0.05) is 11.6 Å². The van der Waals surface area contributed by atoms with Gasteiger partial charge in [0.05, 0.1) is 12.1 Å². The molecule has 2 aliphatic heterocycles. The fourth-order valence-electron chi connectivity index (χ4n) is 4.16. The number of aryl methyl sites for hydroxylation is 2. The second kappa shape index (κ2) is 8.03. The molecular formula is C20H25ClN4O3. The van der Waals surface area contributed by atoms with E-state index in [0.29, 0.717) is 25.9 Å². The van der Waals surface area contributed by atoms with E-state index in [9.17, 15) is 9.59 Å². The van der Waals surface area contributed by atoms with E-state index in [4.69, 9.17) is 21.8 Å². The zero-order valence-electron chi connectivity index (χ0n) is 16.3. The number of anilines is 1. The Hall–Kier alpha value is -2.22. The minimum absolute atomic E-state index is 0.0492. The van der Waals surface area contributed by atoms with Crippen molar-refractivity contribution >= 4 is 35.2 Å². The van der Waals surface area contributed by atoms with Crippen LogP contribution in [0.5, 0.6) is 0 Å². The molecule has 2 saturated heterocycles. The highest BCUT2D eigenvalue weighted by Gasteiger charge is 2.54. The van der Waals surface area contributed by atoms with Gasteiger partial charge in [-0.05, 0) is 55.5 Å². The molecule has 3 N–H and O–H groups in total. The summed E-state index contributed by atoms with van der Waals surface area (Å²) in [5.74, 6) is -1.06. The molecule has 1 aromatic rings. The van der Waals surface area contributed by atoms with Crippen molar-refractivity contribution in [1.82, 2.24) is 10.4 Å². The average molecular weight is 405 g/mol. The topological polar surface area (TPSA) is 94.5 Å². The van der Waals surface area contributed by atoms with Crippen molar-refractivity contribution in [3.63, 3.8) is 0 Å². The minimum atomic E-state index is -0.799. The first-order valence-corrected chi connectivity index (χ1v) is 9.58. The Morgan fingerprint density at radius 2 is 1.93 bits per heavy atom. The third-order valence-electron chi connectivity index (χ3n) is 5.59. The van der Waals surface area contributed by atoms with E-state index < -0.39 is 11.5 Å². The van der Waals surface area contributed by atoms with Crippen LogP contribution >= 0.6 is 11.6 Å². The molecule has 2 aliphatic rings. The Morgan fingerprint density at radius 1 is 1.32 bits per heavy atom. The highest BCUT2D eigenvalue weighted by Crippen LogP contribution is 2.39. The summed E-state index contributed by atoms with van der Waals surface area (Å²) in [5, 5.41) is 15.2. The Morgan fingerprint density at radius 3 is 2.46 bits per heavy atom. The molecule has 0 aliphatic carbocycles. The molecule has 28 heavy (non-hydrogen) atoms. The summed E-state index contributed by atoms with van der Waals surface area (Å²) in [5.41, 5.74) is 2.48. The minimum Gasteiger partial charge on any atom is -0.360 e. The van der Waals surface area contributed by atoms with Crippen LogP contribution in [0.15, 0.2) is 23.4 Å². The van der Waals surface area contributed by atoms with E-state index in [-0.39, 0.29) is 16.7 Å². The molecule has 7 nitrogen and oxygen atoms in total. The fraction of sp³-hybridized carbons (Fsp3) is 0.450. The molecule has 1 atom stereocenters. The van der Waals surface area contributed by atoms with Crippen LogP contribution in [0.2, 0.25) is 0 Å². The Kier molecular flexibility index (Phi) is 5.88. The number of hydrogen-bond acceptors (Lipinski definition) is 6. The predicted molar refractivity (Wildman–Crippen MR) is 109 cm³/mol. The van der Waals surface area contributed by atoms with E-state index in [1.165, 1.54) is 6.20 Å². The van der Waals surface area contributed by atoms with E-state index in [1.807, 2.05) is 31.0 Å². The first-order chi connectivity index (χ1) is 13.3. The van der Waals surface area contributed by atoms with Crippen LogP contribution in [0.25, 0.3) is 0 Å². The molecule has 1 unspecified atom stereocenters. The third kappa shape index (κ3) is 3.70. The van der Waals surface area contributed by atoms with E-state index in [2.05, 4.69) is 10.6 Å². The monoisotopic (exact) mass is 404 g/mol. The number of hydrogen-bond donors (Lipinski definition) is 3. The van der Waals surface area contributed by atoms with Gasteiger partial charge in [-0.3, -0.25) is 9.59 Å². The SMILES string of the molecule is CON1CCC2(CC1)NC(=O)C(c1c(C)cc(N/C=C(/Cl)C=N)cc1C)C2=O. The number of benzene rings is 1. The number of carbonyl (C=O) groups is 2. The first-order valence-electron chi connectivity index (χ1n) is 9.20. The zero-order chi connectivity index (χ0) is 20.5. The molecule has 0 radical (unpaired) electrons. The molecule has 0 aromatic heterocycles. The number of piperidine rings is 1. The maximum absolute atomic E-state index is 13.3. The molecule has 1 amide bonds. The summed E-state index contributed by atoms with van der Waals surface area (Å²) in [6, 6.07) is 3.76. The fourth-order valence-corrected chi connectivity index (χ4v) is 4.21. The highest BCUT2D eigenvalue weighted by molar-refractivity contribution is 6.39. The number of ketones is 1. The predicted octanol–water partition coefficient (Wildman–Crippen LogP) is 2.62. The van der Waals surface area contributed by atoms with Gasteiger partial charge in [0.25, 0.3) is 0 Å². The van der Waals surface area contributed by atoms with Gasteiger partial charge in [-0.15, -0.1) is 0 Å². The maximum atomic E-state index is 13.3. The smallest absolute Gasteiger partial charge is 0.235 e. The van der Waals surface area contributed by atoms with Gasteiger partial charge < -0.3 is 20.9 Å². The Balaban J connectivity index is 1.88. The lowest BCUT2D eigenvalue weighted by atomic mass is 9.79. The largest absolute Gasteiger partial charge is 0.360 e. The molecular weight excluding hydrogens is 380 g/mol. The van der Waals surface area contributed by atoms with Crippen LogP contribution < -0.4 is 10.6 Å². The maximum Gasteiger partial charge on any atom is 0.235 e. The summed E-state index contributed by atoms with van der Waals surface area (Å²) in [6.07, 6.45) is 3.66. The van der Waals surface area contributed by atoms with Crippen molar-refractivity contribution in [2.24, 2.45) is 0 Å². The van der Waals surface area contributed by atoms with Gasteiger partial charge in [0, 0.05) is 31.2 Å². The quantitative estimate of drug-likeness (QED) is 0.518. The molecule has 1 spiro atoms. The molecule has 8 heteroatoms. The summed E-state index contributed by atoms with van der Waals surface area (Å²) in [4.78, 5) is 31.4. The van der Waals surface area contributed by atoms with Crippen molar-refractivity contribution in [2.45, 2.75) is 38.1 Å². The van der Waals surface area contributed by atoms with Crippen LogP contribution in [0.1, 0.15) is 35.4 Å². The van der Waals surface area contributed by atoms with Crippen molar-refractivity contribution in [3.8, 4) is 0 Å². The zero-order valence-corrected chi connectivity index (χ0v) is 17.0. The number of nitrogens with one attached hydrogen (secondary N) is 3. The van der Waals surface area contributed by atoms with Crippen molar-refractivity contribution in [3.05, 3.63) is 40.1 Å². The lowest BCUT2D eigenvalue weighted by molar-refractivity contribution is -0.157. The number of allylic oxidation sites excluding steroid dienone is 1. The lowest BCUT2D eigenvalue weighted by Gasteiger charge is -2.36. The molecule has 2 heterocycles. The molecule has 0 saturated carbocycles. The molecule has 150 valence electrons. The van der Waals surface area contributed by atoms with E-state index >= 15 is 0 Å². The average Bonchev–Trinajstić information content (AvgIpc) is 2.90. The van der Waals surface area contributed by atoms with Gasteiger partial charge in [-0.25, -0.2) is 0 Å². The van der Waals surface area contributed by atoms with Crippen LogP contribution in [0.3, 0.4) is 0 Å². The highest BCUT2D eigenvalue weighted by atomic mass is 35.5. The number of nitrogens with zero attached hydrogens (tertiary/aromatic N) is 1. The van der Waals surface area contributed by atoms with Crippen LogP contribution in [-0.4, -0.2) is 48.7 Å². The van der Waals surface area contributed by atoms with Crippen molar-refractivity contribution in [2.75, 3.05) is 25.5 Å². The van der Waals surface area contributed by atoms with Crippen LogP contribution in [-0.2, 0) is 14.4 Å². The van der Waals surface area contributed by atoms with Crippen molar-refractivity contribution < 1.29 is 14.4 Å². The van der Waals surface area contributed by atoms with Gasteiger partial charge in [0.2, 0.25) is 5.91 Å². The first kappa shape index (κ1) is 20.5. The van der Waals surface area contributed by atoms with Crippen molar-refractivity contribution in [1.29, 1.82) is 5.41 Å². The summed E-state index contributed by atoms with van der Waals surface area (Å²) in [7, 11) is 1.61. The van der Waals surface area contributed by atoms with Crippen LogP contribution in [0, 0.1) is 19.3 Å². The Labute approximate surface area is 169 Å². The number of carbonyl (C=O) groups excluding carboxylic acids is 2. The van der Waals surface area contributed by atoms with E-state index in [1.54, 1.807) is 7.11 Å². The number of halogens is 1. The number of rotatable bonds is 5. The number of amides is 1. The van der Waals surface area contributed by atoms with Gasteiger partial charge in [0.15, 0.2) is 5.78 Å². The third-order valence-corrected chi connectivity index (χ3v) is 5.81. The van der Waals surface area contributed by atoms with Gasteiger partial charge in [-0.2, -0.15) is 5.06 Å². The molecule has 3 rings (SSSR count). The van der Waals surface area contributed by atoms with Gasteiger partial charge in [0.1, 0.15) is 11.5 Å². The second-order valence-electron chi connectivity index (χ2n) is 7.32. The summed E-state index contributed by atoms with van der Waals surface area (Å²) >= 11 is 5.82. The lowest BCUT2D eigenvalue weighted by Crippen LogP contribution is -2.54. The van der Waals surface area contributed by atoms with Crippen LogP contribution in [0.4, 0.5) is 5.69 Å². The number of Topliss-reactive ketones (excluding diaryl/α,β-unsaturated/α-hetero) is 1. The summed E-state index contributed by atoms with van der Waals surface area (Å²) < 4.78 is 0. The van der Waals surface area contributed by atoms with Gasteiger partial charge >= 0.3 is 0 Å².